The molecule has 0 fully saturated rings. The molecule has 0 aliphatic heterocycles. The molecular formula is C17H26N4. The van der Waals surface area contributed by atoms with Gasteiger partial charge in [0.1, 0.15) is 5.82 Å². The SMILES string of the molecule is CNC(c1ccccc1)C(C)CN(C)Cc1nccn1C. The van der Waals surface area contributed by atoms with Gasteiger partial charge in [-0.1, -0.05) is 37.3 Å². The summed E-state index contributed by atoms with van der Waals surface area (Å²) in [4.78, 5) is 6.73. The molecule has 4 nitrogen and oxygen atoms in total. The number of imidazole rings is 1. The van der Waals surface area contributed by atoms with E-state index in [-0.39, 0.29) is 0 Å². The van der Waals surface area contributed by atoms with Crippen molar-refractivity contribution in [2.24, 2.45) is 13.0 Å². The highest BCUT2D eigenvalue weighted by atomic mass is 15.2. The van der Waals surface area contributed by atoms with Gasteiger partial charge < -0.3 is 9.88 Å². The predicted octanol–water partition coefficient (Wildman–Crippen LogP) is 2.45. The molecular weight excluding hydrogens is 260 g/mol. The lowest BCUT2D eigenvalue weighted by Gasteiger charge is -2.28. The zero-order valence-electron chi connectivity index (χ0n) is 13.5. The van der Waals surface area contributed by atoms with Crippen LogP contribution in [0.3, 0.4) is 0 Å². The summed E-state index contributed by atoms with van der Waals surface area (Å²) in [7, 11) is 6.23. The molecule has 2 atom stereocenters. The molecule has 21 heavy (non-hydrogen) atoms. The number of aromatic nitrogens is 2. The number of rotatable bonds is 7. The van der Waals surface area contributed by atoms with E-state index in [9.17, 15) is 0 Å². The Morgan fingerprint density at radius 1 is 1.29 bits per heavy atom. The Bertz CT molecular complexity index is 535. The molecule has 2 aromatic rings. The fourth-order valence-corrected chi connectivity index (χ4v) is 2.89. The summed E-state index contributed by atoms with van der Waals surface area (Å²) in [5.41, 5.74) is 1.35. The van der Waals surface area contributed by atoms with Crippen molar-refractivity contribution >= 4 is 0 Å². The van der Waals surface area contributed by atoms with E-state index in [1.165, 1.54) is 5.56 Å². The normalized spacial score (nSPS) is 14.3. The van der Waals surface area contributed by atoms with Gasteiger partial charge in [-0.2, -0.15) is 0 Å². The zero-order valence-corrected chi connectivity index (χ0v) is 13.5. The van der Waals surface area contributed by atoms with Crippen LogP contribution in [-0.4, -0.2) is 35.1 Å². The van der Waals surface area contributed by atoms with Gasteiger partial charge in [0.15, 0.2) is 0 Å². The predicted molar refractivity (Wildman–Crippen MR) is 86.9 cm³/mol. The van der Waals surface area contributed by atoms with Crippen LogP contribution in [-0.2, 0) is 13.6 Å². The molecule has 0 aliphatic rings. The standard InChI is InChI=1S/C17H26N4/c1-14(17(18-2)15-8-6-5-7-9-15)12-20(3)13-16-19-10-11-21(16)4/h5-11,14,17-18H,12-13H2,1-4H3. The fraction of sp³-hybridized carbons (Fsp3) is 0.471. The van der Waals surface area contributed by atoms with Crippen LogP contribution in [0, 0.1) is 5.92 Å². The minimum atomic E-state index is 0.370. The molecule has 0 saturated heterocycles. The molecule has 0 spiro atoms. The van der Waals surface area contributed by atoms with Gasteiger partial charge in [0.2, 0.25) is 0 Å². The third-order valence-corrected chi connectivity index (χ3v) is 3.97. The van der Waals surface area contributed by atoms with E-state index < -0.39 is 0 Å². The van der Waals surface area contributed by atoms with Crippen molar-refractivity contribution < 1.29 is 0 Å². The lowest BCUT2D eigenvalue weighted by atomic mass is 9.94. The lowest BCUT2D eigenvalue weighted by Crippen LogP contribution is -2.33. The summed E-state index contributed by atoms with van der Waals surface area (Å²) >= 11 is 0. The van der Waals surface area contributed by atoms with Crippen LogP contribution < -0.4 is 5.32 Å². The molecule has 4 heteroatoms. The number of benzene rings is 1. The molecule has 0 amide bonds. The third-order valence-electron chi connectivity index (χ3n) is 3.97. The molecule has 1 aromatic heterocycles. The molecule has 1 aromatic carbocycles. The van der Waals surface area contributed by atoms with Crippen molar-refractivity contribution in [1.29, 1.82) is 0 Å². The highest BCUT2D eigenvalue weighted by Gasteiger charge is 2.19. The van der Waals surface area contributed by atoms with Crippen LogP contribution in [0.4, 0.5) is 0 Å². The van der Waals surface area contributed by atoms with Crippen molar-refractivity contribution in [3.8, 4) is 0 Å². The van der Waals surface area contributed by atoms with E-state index >= 15 is 0 Å². The molecule has 0 bridgehead atoms. The Morgan fingerprint density at radius 3 is 2.57 bits per heavy atom. The molecule has 114 valence electrons. The van der Waals surface area contributed by atoms with E-state index in [4.69, 9.17) is 0 Å². The molecule has 1 N–H and O–H groups in total. The highest BCUT2D eigenvalue weighted by Crippen LogP contribution is 2.22. The summed E-state index contributed by atoms with van der Waals surface area (Å²) in [6.45, 7) is 4.19. The second-order valence-electron chi connectivity index (χ2n) is 5.81. The Kier molecular flexibility index (Phi) is 5.53. The summed E-state index contributed by atoms with van der Waals surface area (Å²) < 4.78 is 2.08. The van der Waals surface area contributed by atoms with Crippen molar-refractivity contribution in [2.75, 3.05) is 20.6 Å². The molecule has 2 rings (SSSR count). The molecule has 0 radical (unpaired) electrons. The Morgan fingerprint density at radius 2 is 2.00 bits per heavy atom. The van der Waals surface area contributed by atoms with Gasteiger partial charge in [0.05, 0.1) is 6.54 Å². The second kappa shape index (κ2) is 7.38. The quantitative estimate of drug-likeness (QED) is 0.849. The first kappa shape index (κ1) is 15.7. The average Bonchev–Trinajstić information content (AvgIpc) is 2.86. The molecule has 2 unspecified atom stereocenters. The monoisotopic (exact) mass is 286 g/mol. The topological polar surface area (TPSA) is 33.1 Å². The Balaban J connectivity index is 1.96. The Labute approximate surface area is 127 Å². The Hall–Kier alpha value is -1.65. The average molecular weight is 286 g/mol. The first-order valence-electron chi connectivity index (χ1n) is 7.48. The third kappa shape index (κ3) is 4.16. The second-order valence-corrected chi connectivity index (χ2v) is 5.81. The molecule has 0 aliphatic carbocycles. The van der Waals surface area contributed by atoms with Gasteiger partial charge in [-0.25, -0.2) is 4.98 Å². The van der Waals surface area contributed by atoms with Crippen LogP contribution in [0.1, 0.15) is 24.4 Å². The van der Waals surface area contributed by atoms with Gasteiger partial charge in [-0.05, 0) is 25.6 Å². The van der Waals surface area contributed by atoms with Gasteiger partial charge >= 0.3 is 0 Å². The summed E-state index contributed by atoms with van der Waals surface area (Å²) in [5.74, 6) is 1.62. The van der Waals surface area contributed by atoms with E-state index in [2.05, 4.69) is 64.1 Å². The van der Waals surface area contributed by atoms with E-state index in [1.807, 2.05) is 26.5 Å². The van der Waals surface area contributed by atoms with Crippen molar-refractivity contribution in [2.45, 2.75) is 19.5 Å². The molecule has 0 saturated carbocycles. The van der Waals surface area contributed by atoms with Gasteiger partial charge in [-0.15, -0.1) is 0 Å². The van der Waals surface area contributed by atoms with Crippen LogP contribution in [0.2, 0.25) is 0 Å². The van der Waals surface area contributed by atoms with Crippen LogP contribution in [0.15, 0.2) is 42.7 Å². The van der Waals surface area contributed by atoms with Crippen LogP contribution >= 0.6 is 0 Å². The number of nitrogens with one attached hydrogen (secondary N) is 1. The minimum Gasteiger partial charge on any atom is -0.337 e. The maximum atomic E-state index is 4.39. The number of hydrogen-bond acceptors (Lipinski definition) is 3. The largest absolute Gasteiger partial charge is 0.337 e. The summed E-state index contributed by atoms with van der Waals surface area (Å²) in [6.07, 6.45) is 3.85. The number of nitrogens with zero attached hydrogens (tertiary/aromatic N) is 3. The first-order chi connectivity index (χ1) is 10.1. The number of hydrogen-bond donors (Lipinski definition) is 1. The van der Waals surface area contributed by atoms with Gasteiger partial charge in [-0.3, -0.25) is 4.90 Å². The maximum Gasteiger partial charge on any atom is 0.122 e. The van der Waals surface area contributed by atoms with Crippen molar-refractivity contribution in [3.63, 3.8) is 0 Å². The summed E-state index contributed by atoms with van der Waals surface area (Å²) in [6, 6.07) is 11.0. The lowest BCUT2D eigenvalue weighted by molar-refractivity contribution is 0.239. The smallest absolute Gasteiger partial charge is 0.122 e. The van der Waals surface area contributed by atoms with E-state index in [0.29, 0.717) is 12.0 Å². The van der Waals surface area contributed by atoms with Crippen molar-refractivity contribution in [1.82, 2.24) is 19.8 Å². The highest BCUT2D eigenvalue weighted by molar-refractivity contribution is 5.19. The van der Waals surface area contributed by atoms with E-state index in [1.54, 1.807) is 0 Å². The first-order valence-corrected chi connectivity index (χ1v) is 7.48. The van der Waals surface area contributed by atoms with Gasteiger partial charge in [0, 0.05) is 32.0 Å². The number of aryl methyl sites for hydroxylation is 1. The zero-order chi connectivity index (χ0) is 15.2. The fourth-order valence-electron chi connectivity index (χ4n) is 2.89. The minimum absolute atomic E-state index is 0.370. The van der Waals surface area contributed by atoms with Crippen LogP contribution in [0.5, 0.6) is 0 Å². The summed E-state index contributed by atoms with van der Waals surface area (Å²) in [5, 5.41) is 3.45. The van der Waals surface area contributed by atoms with Gasteiger partial charge in [0.25, 0.3) is 0 Å². The van der Waals surface area contributed by atoms with Crippen molar-refractivity contribution in [3.05, 3.63) is 54.1 Å². The van der Waals surface area contributed by atoms with Crippen LogP contribution in [0.25, 0.3) is 0 Å². The molecule has 1 heterocycles. The maximum absolute atomic E-state index is 4.39. The van der Waals surface area contributed by atoms with E-state index in [0.717, 1.165) is 18.9 Å².